The van der Waals surface area contributed by atoms with Gasteiger partial charge in [0.2, 0.25) is 0 Å². The van der Waals surface area contributed by atoms with Gasteiger partial charge in [0.1, 0.15) is 13.2 Å². The summed E-state index contributed by atoms with van der Waals surface area (Å²) in [5.74, 6) is -3.50. The maximum atomic E-state index is 11.2. The van der Waals surface area contributed by atoms with Gasteiger partial charge in [-0.3, -0.25) is 9.59 Å². The van der Waals surface area contributed by atoms with Gasteiger partial charge in [-0.15, -0.1) is 0 Å². The van der Waals surface area contributed by atoms with Gasteiger partial charge in [-0.2, -0.15) is 0 Å². The van der Waals surface area contributed by atoms with E-state index in [4.69, 9.17) is 38.6 Å². The summed E-state index contributed by atoms with van der Waals surface area (Å²) in [6.07, 6.45) is -0.168. The highest BCUT2D eigenvalue weighted by atomic mass is 16.6. The molecule has 0 radical (unpaired) electrons. The highest BCUT2D eigenvalue weighted by Crippen LogP contribution is 2.29. The van der Waals surface area contributed by atoms with E-state index in [1.54, 1.807) is 18.2 Å². The van der Waals surface area contributed by atoms with E-state index in [1.807, 2.05) is 0 Å². The van der Waals surface area contributed by atoms with Crippen LogP contribution in [0.3, 0.4) is 0 Å². The molecule has 1 aromatic rings. The standard InChI is InChI=1S/C20H28O10/c21-19(22)16(20(23)24)13-15-1-2-17-18(14-15)30-12-10-28-8-6-26-4-3-25-5-7-27-9-11-29-17/h1-2,14,16H,3-13H2,(H,21,22)(H,23,24). The summed E-state index contributed by atoms with van der Waals surface area (Å²) in [6, 6.07) is 4.83. The third-order valence-electron chi connectivity index (χ3n) is 4.13. The van der Waals surface area contributed by atoms with Crippen molar-refractivity contribution in [3.05, 3.63) is 23.8 Å². The van der Waals surface area contributed by atoms with Crippen LogP contribution in [0.1, 0.15) is 5.56 Å². The van der Waals surface area contributed by atoms with Gasteiger partial charge in [0, 0.05) is 0 Å². The Morgan fingerprint density at radius 3 is 1.60 bits per heavy atom. The van der Waals surface area contributed by atoms with Crippen LogP contribution in [0.25, 0.3) is 0 Å². The summed E-state index contributed by atoms with van der Waals surface area (Å²) >= 11 is 0. The lowest BCUT2D eigenvalue weighted by molar-refractivity contribution is -0.154. The zero-order valence-corrected chi connectivity index (χ0v) is 16.7. The predicted molar refractivity (Wildman–Crippen MR) is 103 cm³/mol. The van der Waals surface area contributed by atoms with Crippen LogP contribution in [0.5, 0.6) is 11.5 Å². The number of fused-ring (bicyclic) bond motifs is 1. The number of carbonyl (C=O) groups is 2. The molecule has 0 bridgehead atoms. The first kappa shape index (κ1) is 23.9. The molecule has 1 aromatic carbocycles. The van der Waals surface area contributed by atoms with Crippen molar-refractivity contribution >= 4 is 11.9 Å². The Hall–Kier alpha value is -2.40. The minimum absolute atomic E-state index is 0.168. The number of rotatable bonds is 4. The predicted octanol–water partition coefficient (Wildman–Crippen LogP) is 0.852. The van der Waals surface area contributed by atoms with Crippen LogP contribution < -0.4 is 9.47 Å². The van der Waals surface area contributed by atoms with Crippen LogP contribution in [0.4, 0.5) is 0 Å². The van der Waals surface area contributed by atoms with E-state index >= 15 is 0 Å². The van der Waals surface area contributed by atoms with Gasteiger partial charge in [0.25, 0.3) is 0 Å². The molecule has 10 heteroatoms. The number of aliphatic carboxylic acids is 2. The normalized spacial score (nSPS) is 17.6. The Bertz CT molecular complexity index is 649. The molecule has 2 N–H and O–H groups in total. The van der Waals surface area contributed by atoms with Crippen LogP contribution in [-0.2, 0) is 35.0 Å². The topological polar surface area (TPSA) is 130 Å². The largest absolute Gasteiger partial charge is 0.487 e. The third-order valence-corrected chi connectivity index (χ3v) is 4.13. The van der Waals surface area contributed by atoms with Gasteiger partial charge >= 0.3 is 11.9 Å². The smallest absolute Gasteiger partial charge is 0.318 e. The Balaban J connectivity index is 2.02. The average Bonchev–Trinajstić information content (AvgIpc) is 2.71. The second-order valence-corrected chi connectivity index (χ2v) is 6.36. The van der Waals surface area contributed by atoms with E-state index in [-0.39, 0.29) is 19.6 Å². The van der Waals surface area contributed by atoms with E-state index in [0.717, 1.165) is 0 Å². The van der Waals surface area contributed by atoms with Crippen LogP contribution in [0.15, 0.2) is 18.2 Å². The molecular weight excluding hydrogens is 400 g/mol. The minimum atomic E-state index is -1.54. The molecule has 0 saturated carbocycles. The monoisotopic (exact) mass is 428 g/mol. The van der Waals surface area contributed by atoms with Crippen molar-refractivity contribution in [1.29, 1.82) is 0 Å². The molecule has 30 heavy (non-hydrogen) atoms. The highest BCUT2D eigenvalue weighted by Gasteiger charge is 2.26. The van der Waals surface area contributed by atoms with Crippen molar-refractivity contribution in [2.75, 3.05) is 66.1 Å². The average molecular weight is 428 g/mol. The third kappa shape index (κ3) is 8.95. The summed E-state index contributed by atoms with van der Waals surface area (Å²) in [7, 11) is 0. The van der Waals surface area contributed by atoms with Crippen LogP contribution >= 0.6 is 0 Å². The molecule has 0 atom stereocenters. The van der Waals surface area contributed by atoms with Crippen molar-refractivity contribution in [2.24, 2.45) is 5.92 Å². The Labute approximate surface area is 174 Å². The lowest BCUT2D eigenvalue weighted by Gasteiger charge is -2.16. The number of ether oxygens (including phenoxy) is 6. The fourth-order valence-electron chi connectivity index (χ4n) is 2.61. The molecule has 10 nitrogen and oxygen atoms in total. The summed E-state index contributed by atoms with van der Waals surface area (Å²) in [5.41, 5.74) is 0.511. The molecule has 0 fully saturated rings. The SMILES string of the molecule is O=C(O)C(Cc1ccc2c(c1)OCCOCCOCCOCCOCCO2)C(=O)O. The molecular formula is C20H28O10. The van der Waals surface area contributed by atoms with E-state index < -0.39 is 17.9 Å². The summed E-state index contributed by atoms with van der Waals surface area (Å²) in [4.78, 5) is 22.3. The van der Waals surface area contributed by atoms with Gasteiger partial charge in [0.15, 0.2) is 17.4 Å². The molecule has 1 aliphatic heterocycles. The Kier molecular flexibility index (Phi) is 10.9. The van der Waals surface area contributed by atoms with E-state index in [1.165, 1.54) is 0 Å². The van der Waals surface area contributed by atoms with Crippen LogP contribution in [0, 0.1) is 5.92 Å². The number of carboxylic acids is 2. The van der Waals surface area contributed by atoms with E-state index in [2.05, 4.69) is 0 Å². The van der Waals surface area contributed by atoms with Gasteiger partial charge in [-0.05, 0) is 24.1 Å². The van der Waals surface area contributed by atoms with Gasteiger partial charge < -0.3 is 38.6 Å². The fraction of sp³-hybridized carbons (Fsp3) is 0.600. The first-order valence-electron chi connectivity index (χ1n) is 9.73. The van der Waals surface area contributed by atoms with Crippen LogP contribution in [0.2, 0.25) is 0 Å². The first-order valence-corrected chi connectivity index (χ1v) is 9.73. The summed E-state index contributed by atoms with van der Waals surface area (Å²) in [6.45, 7) is 3.89. The maximum absolute atomic E-state index is 11.2. The van der Waals surface area contributed by atoms with Crippen molar-refractivity contribution in [1.82, 2.24) is 0 Å². The molecule has 168 valence electrons. The van der Waals surface area contributed by atoms with Crippen molar-refractivity contribution in [2.45, 2.75) is 6.42 Å². The molecule has 0 amide bonds. The molecule has 0 aromatic heterocycles. The molecule has 0 aliphatic carbocycles. The van der Waals surface area contributed by atoms with Gasteiger partial charge in [-0.1, -0.05) is 6.07 Å². The molecule has 0 unspecified atom stereocenters. The second-order valence-electron chi connectivity index (χ2n) is 6.36. The summed E-state index contributed by atoms with van der Waals surface area (Å²) < 4.78 is 33.1. The highest BCUT2D eigenvalue weighted by molar-refractivity contribution is 5.93. The lowest BCUT2D eigenvalue weighted by atomic mass is 9.99. The van der Waals surface area contributed by atoms with Gasteiger partial charge in [-0.25, -0.2) is 0 Å². The fourth-order valence-corrected chi connectivity index (χ4v) is 2.61. The second kappa shape index (κ2) is 13.8. The van der Waals surface area contributed by atoms with Crippen LogP contribution in [-0.4, -0.2) is 88.2 Å². The number of hydrogen-bond donors (Lipinski definition) is 2. The zero-order chi connectivity index (χ0) is 21.6. The Morgan fingerprint density at radius 1 is 0.700 bits per heavy atom. The van der Waals surface area contributed by atoms with Gasteiger partial charge in [0.05, 0.1) is 52.9 Å². The number of hydrogen-bond acceptors (Lipinski definition) is 8. The molecule has 2 rings (SSSR count). The van der Waals surface area contributed by atoms with E-state index in [0.29, 0.717) is 69.9 Å². The molecule has 0 saturated heterocycles. The first-order chi connectivity index (χ1) is 14.6. The molecule has 0 spiro atoms. The lowest BCUT2D eigenvalue weighted by Crippen LogP contribution is -2.25. The maximum Gasteiger partial charge on any atom is 0.318 e. The number of carboxylic acid groups (broad SMARTS) is 2. The van der Waals surface area contributed by atoms with E-state index in [9.17, 15) is 9.59 Å². The molecule has 1 heterocycles. The quantitative estimate of drug-likeness (QED) is 0.666. The van der Waals surface area contributed by atoms with Crippen molar-refractivity contribution in [3.63, 3.8) is 0 Å². The van der Waals surface area contributed by atoms with Crippen molar-refractivity contribution < 1.29 is 48.2 Å². The zero-order valence-electron chi connectivity index (χ0n) is 16.7. The minimum Gasteiger partial charge on any atom is -0.487 e. The Morgan fingerprint density at radius 2 is 1.13 bits per heavy atom. The number of benzene rings is 1. The van der Waals surface area contributed by atoms with Crippen molar-refractivity contribution in [3.8, 4) is 11.5 Å². The molecule has 1 aliphatic rings. The summed E-state index contributed by atoms with van der Waals surface area (Å²) in [5, 5.41) is 18.2.